The van der Waals surface area contributed by atoms with Gasteiger partial charge in [-0.2, -0.15) is 4.31 Å². The van der Waals surface area contributed by atoms with Gasteiger partial charge in [-0.15, -0.1) is 11.3 Å². The number of sulfonamides is 1. The Labute approximate surface area is 156 Å². The fourth-order valence-corrected chi connectivity index (χ4v) is 6.02. The van der Waals surface area contributed by atoms with Crippen molar-refractivity contribution in [2.75, 3.05) is 13.2 Å². The van der Waals surface area contributed by atoms with Crippen LogP contribution in [0, 0.1) is 0 Å². The molecule has 0 aromatic carbocycles. The van der Waals surface area contributed by atoms with Crippen molar-refractivity contribution >= 4 is 27.3 Å². The van der Waals surface area contributed by atoms with Gasteiger partial charge in [-0.25, -0.2) is 8.42 Å². The van der Waals surface area contributed by atoms with Crippen molar-refractivity contribution in [3.8, 4) is 10.6 Å². The third-order valence-electron chi connectivity index (χ3n) is 4.17. The zero-order chi connectivity index (χ0) is 18.7. The lowest BCUT2D eigenvalue weighted by Gasteiger charge is -2.21. The van der Waals surface area contributed by atoms with Crippen LogP contribution in [0.25, 0.3) is 10.6 Å². The third-order valence-corrected chi connectivity index (χ3v) is 7.66. The Hall–Kier alpha value is -2.07. The average molecular weight is 393 g/mol. The zero-order valence-corrected chi connectivity index (χ0v) is 15.5. The van der Waals surface area contributed by atoms with Crippen LogP contribution in [0.15, 0.2) is 53.4 Å². The number of hydrogen-bond donors (Lipinski definition) is 2. The number of carbonyl (C=O) groups is 1. The van der Waals surface area contributed by atoms with Crippen LogP contribution in [-0.2, 0) is 14.8 Å². The van der Waals surface area contributed by atoms with E-state index in [1.54, 1.807) is 24.4 Å². The summed E-state index contributed by atoms with van der Waals surface area (Å²) < 4.78 is 27.5. The average Bonchev–Trinajstić information content (AvgIpc) is 3.30. The lowest BCUT2D eigenvalue weighted by atomic mass is 10.2. The second-order valence-corrected chi connectivity index (χ2v) is 9.09. The number of aliphatic hydroxyl groups excluding tert-OH is 1. The summed E-state index contributed by atoms with van der Waals surface area (Å²) in [6.07, 6.45) is 3.15. The molecule has 2 aromatic heterocycles. The standard InChI is InChI=1S/C17H19N3O4S2/c1-2-16(22)19-12-9-13(11-21)20(10-12)26(23,24)17-7-6-15(25-17)14-5-3-4-8-18-14/h2-8,12-13,21H,1,9-11H2,(H,19,22). The molecule has 1 aliphatic heterocycles. The van der Waals surface area contributed by atoms with Gasteiger partial charge < -0.3 is 10.4 Å². The first-order valence-electron chi connectivity index (χ1n) is 8.02. The second-order valence-electron chi connectivity index (χ2n) is 5.89. The highest BCUT2D eigenvalue weighted by atomic mass is 32.2. The third kappa shape index (κ3) is 3.70. The van der Waals surface area contributed by atoms with Gasteiger partial charge in [0.25, 0.3) is 10.0 Å². The molecule has 1 amide bonds. The number of carbonyl (C=O) groups excluding carboxylic acids is 1. The predicted octanol–water partition coefficient (Wildman–Crippen LogP) is 1.24. The number of rotatable bonds is 6. The van der Waals surface area contributed by atoms with Crippen LogP contribution in [0.4, 0.5) is 0 Å². The number of pyridine rings is 1. The van der Waals surface area contributed by atoms with E-state index in [9.17, 15) is 18.3 Å². The van der Waals surface area contributed by atoms with Crippen LogP contribution >= 0.6 is 11.3 Å². The minimum atomic E-state index is -3.78. The number of hydrogen-bond acceptors (Lipinski definition) is 6. The molecule has 138 valence electrons. The van der Waals surface area contributed by atoms with Gasteiger partial charge in [0.05, 0.1) is 23.2 Å². The SMILES string of the molecule is C=CC(=O)NC1CC(CO)N(S(=O)(=O)c2ccc(-c3ccccn3)s2)C1. The normalized spacial score (nSPS) is 20.8. The van der Waals surface area contributed by atoms with Crippen LogP contribution in [0.5, 0.6) is 0 Å². The van der Waals surface area contributed by atoms with Gasteiger partial charge in [0.15, 0.2) is 0 Å². The van der Waals surface area contributed by atoms with E-state index in [1.165, 1.54) is 4.31 Å². The van der Waals surface area contributed by atoms with E-state index < -0.39 is 16.1 Å². The number of nitrogens with zero attached hydrogens (tertiary/aromatic N) is 2. The molecule has 1 aliphatic rings. The van der Waals surface area contributed by atoms with Crippen LogP contribution in [0.2, 0.25) is 0 Å². The number of nitrogens with one attached hydrogen (secondary N) is 1. The quantitative estimate of drug-likeness (QED) is 0.720. The topological polar surface area (TPSA) is 99.6 Å². The minimum absolute atomic E-state index is 0.115. The first kappa shape index (κ1) is 18.7. The van der Waals surface area contributed by atoms with Crippen LogP contribution in [-0.4, -0.2) is 54.0 Å². The van der Waals surface area contributed by atoms with E-state index in [0.717, 1.165) is 22.3 Å². The second kappa shape index (κ2) is 7.67. The minimum Gasteiger partial charge on any atom is -0.395 e. The summed E-state index contributed by atoms with van der Waals surface area (Å²) in [5, 5.41) is 12.3. The van der Waals surface area contributed by atoms with Crippen LogP contribution < -0.4 is 5.32 Å². The first-order chi connectivity index (χ1) is 12.5. The molecule has 2 atom stereocenters. The molecular weight excluding hydrogens is 374 g/mol. The smallest absolute Gasteiger partial charge is 0.252 e. The van der Waals surface area contributed by atoms with E-state index in [-0.39, 0.29) is 29.3 Å². The molecule has 0 aliphatic carbocycles. The maximum Gasteiger partial charge on any atom is 0.252 e. The molecule has 0 saturated carbocycles. The van der Waals surface area contributed by atoms with Gasteiger partial charge in [0, 0.05) is 18.8 Å². The Balaban J connectivity index is 1.84. The van der Waals surface area contributed by atoms with E-state index in [4.69, 9.17) is 0 Å². The molecule has 7 nitrogen and oxygen atoms in total. The zero-order valence-electron chi connectivity index (χ0n) is 13.9. The summed E-state index contributed by atoms with van der Waals surface area (Å²) in [6.45, 7) is 3.20. The molecule has 0 spiro atoms. The highest BCUT2D eigenvalue weighted by Crippen LogP contribution is 2.34. The van der Waals surface area contributed by atoms with Crippen LogP contribution in [0.1, 0.15) is 6.42 Å². The number of aromatic nitrogens is 1. The molecular formula is C17H19N3O4S2. The fourth-order valence-electron chi connectivity index (χ4n) is 2.93. The summed E-state index contributed by atoms with van der Waals surface area (Å²) in [6, 6.07) is 7.79. The highest BCUT2D eigenvalue weighted by Gasteiger charge is 2.40. The van der Waals surface area contributed by atoms with Gasteiger partial charge in [0.1, 0.15) is 4.21 Å². The molecule has 0 bridgehead atoms. The maximum atomic E-state index is 13.0. The molecule has 0 radical (unpaired) electrons. The molecule has 2 aromatic rings. The first-order valence-corrected chi connectivity index (χ1v) is 10.3. The van der Waals surface area contributed by atoms with E-state index >= 15 is 0 Å². The Kier molecular flexibility index (Phi) is 5.52. The Morgan fingerprint density at radius 3 is 2.88 bits per heavy atom. The summed E-state index contributed by atoms with van der Waals surface area (Å²) in [5.74, 6) is -0.362. The number of aliphatic hydroxyl groups is 1. The molecule has 1 saturated heterocycles. The lowest BCUT2D eigenvalue weighted by molar-refractivity contribution is -0.117. The molecule has 2 N–H and O–H groups in total. The Morgan fingerprint density at radius 1 is 1.42 bits per heavy atom. The summed E-state index contributed by atoms with van der Waals surface area (Å²) in [5.41, 5.74) is 0.704. The summed E-state index contributed by atoms with van der Waals surface area (Å²) in [4.78, 5) is 16.5. The monoisotopic (exact) mass is 393 g/mol. The lowest BCUT2D eigenvalue weighted by Crippen LogP contribution is -2.39. The van der Waals surface area contributed by atoms with Gasteiger partial charge in [0.2, 0.25) is 5.91 Å². The largest absolute Gasteiger partial charge is 0.395 e. The molecule has 3 heterocycles. The molecule has 1 fully saturated rings. The van der Waals surface area contributed by atoms with Crippen molar-refractivity contribution in [2.45, 2.75) is 22.7 Å². The van der Waals surface area contributed by atoms with Crippen LogP contribution in [0.3, 0.4) is 0 Å². The Bertz CT molecular complexity index is 896. The molecule has 26 heavy (non-hydrogen) atoms. The van der Waals surface area contributed by atoms with E-state index in [2.05, 4.69) is 16.9 Å². The van der Waals surface area contributed by atoms with Gasteiger partial charge in [-0.1, -0.05) is 12.6 Å². The Morgan fingerprint density at radius 2 is 2.23 bits per heavy atom. The summed E-state index contributed by atoms with van der Waals surface area (Å²) in [7, 11) is -3.78. The van der Waals surface area contributed by atoms with Gasteiger partial charge in [-0.05, 0) is 36.8 Å². The molecule has 9 heteroatoms. The molecule has 3 rings (SSSR count). The highest BCUT2D eigenvalue weighted by molar-refractivity contribution is 7.91. The van der Waals surface area contributed by atoms with Crippen molar-refractivity contribution in [3.05, 3.63) is 49.2 Å². The van der Waals surface area contributed by atoms with Gasteiger partial charge >= 0.3 is 0 Å². The summed E-state index contributed by atoms with van der Waals surface area (Å²) >= 11 is 1.13. The fraction of sp³-hybridized carbons (Fsp3) is 0.294. The van der Waals surface area contributed by atoms with Gasteiger partial charge in [-0.3, -0.25) is 9.78 Å². The van der Waals surface area contributed by atoms with Crippen molar-refractivity contribution in [1.29, 1.82) is 0 Å². The van der Waals surface area contributed by atoms with E-state index in [0.29, 0.717) is 12.1 Å². The van der Waals surface area contributed by atoms with Crippen molar-refractivity contribution in [2.24, 2.45) is 0 Å². The number of thiophene rings is 1. The van der Waals surface area contributed by atoms with Crippen molar-refractivity contribution in [1.82, 2.24) is 14.6 Å². The molecule has 2 unspecified atom stereocenters. The number of amides is 1. The predicted molar refractivity (Wildman–Crippen MR) is 99.1 cm³/mol. The maximum absolute atomic E-state index is 13.0. The van der Waals surface area contributed by atoms with Crippen molar-refractivity contribution in [3.63, 3.8) is 0 Å². The van der Waals surface area contributed by atoms with Crippen molar-refractivity contribution < 1.29 is 18.3 Å². The van der Waals surface area contributed by atoms with E-state index in [1.807, 2.05) is 12.1 Å².